The molecule has 0 saturated carbocycles. The van der Waals surface area contributed by atoms with E-state index < -0.39 is 16.0 Å². The molecule has 0 saturated heterocycles. The van der Waals surface area contributed by atoms with E-state index in [4.69, 9.17) is 15.0 Å². The Morgan fingerprint density at radius 1 is 1.21 bits per heavy atom. The molecule has 0 bridgehead atoms. The Morgan fingerprint density at radius 2 is 1.84 bits per heavy atom. The van der Waals surface area contributed by atoms with Crippen LogP contribution < -0.4 is 9.88 Å². The summed E-state index contributed by atoms with van der Waals surface area (Å²) in [5.74, 6) is -0.252. The van der Waals surface area contributed by atoms with Crippen LogP contribution in [0.3, 0.4) is 0 Å². The summed E-state index contributed by atoms with van der Waals surface area (Å²) >= 11 is 1.04. The number of thiophene rings is 1. The monoisotopic (exact) mass is 299 g/mol. The van der Waals surface area contributed by atoms with Gasteiger partial charge in [0.1, 0.15) is 16.4 Å². The summed E-state index contributed by atoms with van der Waals surface area (Å²) in [6.45, 7) is 0. The molecule has 2 rings (SSSR count). The Balaban J connectivity index is 2.17. The lowest BCUT2D eigenvalue weighted by Gasteiger charge is -2.03. The topological polar surface area (TPSA) is 107 Å². The second-order valence-electron chi connectivity index (χ2n) is 3.57. The number of ether oxygens (including phenoxy) is 1. The molecule has 0 unspecified atom stereocenters. The van der Waals surface area contributed by atoms with Crippen LogP contribution in [0.25, 0.3) is 0 Å². The lowest BCUT2D eigenvalue weighted by Crippen LogP contribution is -2.11. The second-order valence-corrected chi connectivity index (χ2v) is 6.04. The highest BCUT2D eigenvalue weighted by Crippen LogP contribution is 2.27. The summed E-state index contributed by atoms with van der Waals surface area (Å²) in [6.07, 6.45) is 0. The summed E-state index contributed by atoms with van der Waals surface area (Å²) in [5, 5.41) is 15.3. The highest BCUT2D eigenvalue weighted by atomic mass is 32.2. The summed E-state index contributed by atoms with van der Waals surface area (Å²) in [6, 6.07) is 6.90. The number of benzene rings is 1. The fraction of sp³-hybridized carbons (Fsp3) is 0. The lowest BCUT2D eigenvalue weighted by atomic mass is 10.3. The quantitative estimate of drug-likeness (QED) is 0.896. The normalized spacial score (nSPS) is 11.2. The molecule has 19 heavy (non-hydrogen) atoms. The van der Waals surface area contributed by atoms with E-state index in [1.807, 2.05) is 0 Å². The Labute approximate surface area is 113 Å². The number of carboxylic acid groups (broad SMARTS) is 1. The highest BCUT2D eigenvalue weighted by molar-refractivity contribution is 7.89. The number of nitrogens with two attached hydrogens (primary N) is 1. The largest absolute Gasteiger partial charge is 0.477 e. The lowest BCUT2D eigenvalue weighted by molar-refractivity contribution is 0.0702. The van der Waals surface area contributed by atoms with E-state index in [9.17, 15) is 13.2 Å². The van der Waals surface area contributed by atoms with Crippen molar-refractivity contribution in [3.63, 3.8) is 0 Å². The summed E-state index contributed by atoms with van der Waals surface area (Å²) in [7, 11) is -3.73. The van der Waals surface area contributed by atoms with Crippen LogP contribution in [0.1, 0.15) is 9.67 Å². The van der Waals surface area contributed by atoms with E-state index in [1.165, 1.54) is 30.3 Å². The first-order chi connectivity index (χ1) is 8.86. The average molecular weight is 299 g/mol. The molecule has 0 amide bonds. The van der Waals surface area contributed by atoms with Gasteiger partial charge < -0.3 is 9.84 Å². The molecule has 1 heterocycles. The van der Waals surface area contributed by atoms with Gasteiger partial charge in [-0.2, -0.15) is 0 Å². The van der Waals surface area contributed by atoms with Crippen molar-refractivity contribution in [1.29, 1.82) is 0 Å². The van der Waals surface area contributed by atoms with Crippen molar-refractivity contribution in [1.82, 2.24) is 0 Å². The number of carboxylic acids is 1. The van der Waals surface area contributed by atoms with Crippen molar-refractivity contribution in [2.24, 2.45) is 5.14 Å². The van der Waals surface area contributed by atoms with Crippen LogP contribution in [0.5, 0.6) is 11.5 Å². The average Bonchev–Trinajstić information content (AvgIpc) is 2.77. The first-order valence-electron chi connectivity index (χ1n) is 4.99. The molecule has 0 aliphatic carbocycles. The van der Waals surface area contributed by atoms with Gasteiger partial charge in [-0.25, -0.2) is 18.4 Å². The van der Waals surface area contributed by atoms with Crippen molar-refractivity contribution in [2.45, 2.75) is 4.90 Å². The van der Waals surface area contributed by atoms with Crippen LogP contribution in [0.15, 0.2) is 40.6 Å². The van der Waals surface area contributed by atoms with Gasteiger partial charge in [0.2, 0.25) is 10.0 Å². The second kappa shape index (κ2) is 5.00. The predicted octanol–water partition coefficient (Wildman–Crippen LogP) is 1.89. The zero-order chi connectivity index (χ0) is 14.0. The Morgan fingerprint density at radius 3 is 2.32 bits per heavy atom. The first-order valence-corrected chi connectivity index (χ1v) is 7.41. The molecule has 0 radical (unpaired) electrons. The summed E-state index contributed by atoms with van der Waals surface area (Å²) in [5.41, 5.74) is 0. The van der Waals surface area contributed by atoms with Crippen LogP contribution in [-0.4, -0.2) is 19.5 Å². The van der Waals surface area contributed by atoms with Crippen molar-refractivity contribution < 1.29 is 23.1 Å². The van der Waals surface area contributed by atoms with Crippen molar-refractivity contribution >= 4 is 27.3 Å². The van der Waals surface area contributed by atoms with Crippen molar-refractivity contribution in [2.75, 3.05) is 0 Å². The number of hydrogen-bond donors (Lipinski definition) is 2. The maximum atomic E-state index is 11.1. The smallest absolute Gasteiger partial charge is 0.346 e. The Bertz CT molecular complexity index is 703. The molecule has 0 spiro atoms. The number of sulfonamides is 1. The first kappa shape index (κ1) is 13.5. The minimum Gasteiger partial charge on any atom is -0.477 e. The van der Waals surface area contributed by atoms with Gasteiger partial charge in [0, 0.05) is 11.4 Å². The van der Waals surface area contributed by atoms with Gasteiger partial charge in [0.05, 0.1) is 4.90 Å². The minimum atomic E-state index is -3.73. The van der Waals surface area contributed by atoms with E-state index in [2.05, 4.69) is 0 Å². The highest BCUT2D eigenvalue weighted by Gasteiger charge is 2.10. The van der Waals surface area contributed by atoms with E-state index in [0.717, 1.165) is 11.3 Å². The SMILES string of the molecule is NS(=O)(=O)c1ccc(Oc2csc(C(=O)O)c2)cc1. The van der Waals surface area contributed by atoms with Crippen LogP contribution in [-0.2, 0) is 10.0 Å². The van der Waals surface area contributed by atoms with E-state index >= 15 is 0 Å². The molecule has 6 nitrogen and oxygen atoms in total. The molecule has 1 aromatic carbocycles. The van der Waals surface area contributed by atoms with Gasteiger partial charge >= 0.3 is 5.97 Å². The molecule has 100 valence electrons. The molecule has 0 aliphatic rings. The van der Waals surface area contributed by atoms with Crippen molar-refractivity contribution in [3.8, 4) is 11.5 Å². The molecule has 8 heteroatoms. The van der Waals surface area contributed by atoms with Gasteiger partial charge in [-0.05, 0) is 24.3 Å². The third-order valence-electron chi connectivity index (χ3n) is 2.17. The van der Waals surface area contributed by atoms with Crippen LogP contribution in [0.4, 0.5) is 0 Å². The standard InChI is InChI=1S/C11H9NO5S2/c12-19(15,16)9-3-1-7(2-4-9)17-8-5-10(11(13)14)18-6-8/h1-6H,(H,13,14)(H2,12,15,16). The third kappa shape index (κ3) is 3.31. The zero-order valence-corrected chi connectivity index (χ0v) is 11.1. The van der Waals surface area contributed by atoms with Crippen LogP contribution in [0, 0.1) is 0 Å². The molecule has 0 aliphatic heterocycles. The molecular weight excluding hydrogens is 290 g/mol. The molecule has 0 atom stereocenters. The number of primary sulfonamides is 1. The number of aromatic carboxylic acids is 1. The van der Waals surface area contributed by atoms with E-state index in [-0.39, 0.29) is 9.77 Å². The predicted molar refractivity (Wildman–Crippen MR) is 69.2 cm³/mol. The molecule has 1 aromatic heterocycles. The fourth-order valence-corrected chi connectivity index (χ4v) is 2.48. The van der Waals surface area contributed by atoms with Crippen molar-refractivity contribution in [3.05, 3.63) is 40.6 Å². The minimum absolute atomic E-state index is 0.0172. The maximum Gasteiger partial charge on any atom is 0.346 e. The van der Waals surface area contributed by atoms with Crippen LogP contribution in [0.2, 0.25) is 0 Å². The van der Waals surface area contributed by atoms with Crippen LogP contribution >= 0.6 is 11.3 Å². The van der Waals surface area contributed by atoms with Gasteiger partial charge in [0.25, 0.3) is 0 Å². The van der Waals surface area contributed by atoms with E-state index in [1.54, 1.807) is 5.38 Å². The number of carbonyl (C=O) groups is 1. The van der Waals surface area contributed by atoms with Gasteiger partial charge in [-0.1, -0.05) is 0 Å². The van der Waals surface area contributed by atoms with Gasteiger partial charge in [0.15, 0.2) is 0 Å². The summed E-state index contributed by atoms with van der Waals surface area (Å²) in [4.78, 5) is 10.8. The van der Waals surface area contributed by atoms with Gasteiger partial charge in [-0.3, -0.25) is 0 Å². The third-order valence-corrected chi connectivity index (χ3v) is 4.00. The Kier molecular flexibility index (Phi) is 3.56. The molecular formula is C11H9NO5S2. The number of hydrogen-bond acceptors (Lipinski definition) is 5. The molecule has 3 N–H and O–H groups in total. The fourth-order valence-electron chi connectivity index (χ4n) is 1.32. The molecule has 0 fully saturated rings. The Hall–Kier alpha value is -1.90. The summed E-state index contributed by atoms with van der Waals surface area (Å²) < 4.78 is 27.5. The molecule has 2 aromatic rings. The van der Waals surface area contributed by atoms with Gasteiger partial charge in [-0.15, -0.1) is 11.3 Å². The number of rotatable bonds is 4. The van der Waals surface area contributed by atoms with E-state index in [0.29, 0.717) is 11.5 Å². The zero-order valence-electron chi connectivity index (χ0n) is 9.44. The maximum absolute atomic E-state index is 11.1.